The molecule has 2 aromatic rings. The summed E-state index contributed by atoms with van der Waals surface area (Å²) in [6.45, 7) is 1.97. The fraction of sp³-hybridized carbons (Fsp3) is 0.0833. The summed E-state index contributed by atoms with van der Waals surface area (Å²) in [5, 5.41) is 3.24. The van der Waals surface area contributed by atoms with Crippen LogP contribution in [0.5, 0.6) is 0 Å². The highest BCUT2D eigenvalue weighted by Gasteiger charge is 1.98. The van der Waals surface area contributed by atoms with E-state index in [1.54, 1.807) is 0 Å². The molecule has 3 heteroatoms. The molecule has 0 radical (unpaired) electrons. The third-order valence-electron chi connectivity index (χ3n) is 2.07. The van der Waals surface area contributed by atoms with Crippen LogP contribution in [0, 0.1) is 6.92 Å². The van der Waals surface area contributed by atoms with E-state index in [0.717, 1.165) is 21.7 Å². The number of pyridine rings is 1. The van der Waals surface area contributed by atoms with Crippen LogP contribution in [-0.2, 0) is 0 Å². The number of anilines is 2. The number of nitrogens with one attached hydrogen (secondary N) is 1. The maximum Gasteiger partial charge on any atom is 0.130 e. The molecule has 0 saturated carbocycles. The average Bonchev–Trinajstić information content (AvgIpc) is 2.25. The molecule has 15 heavy (non-hydrogen) atoms. The Balaban J connectivity index is 2.22. The van der Waals surface area contributed by atoms with Gasteiger partial charge in [-0.2, -0.15) is 0 Å². The summed E-state index contributed by atoms with van der Waals surface area (Å²) in [5.74, 6) is 0.863. The van der Waals surface area contributed by atoms with Crippen molar-refractivity contribution in [2.24, 2.45) is 0 Å². The lowest BCUT2D eigenvalue weighted by molar-refractivity contribution is 1.18. The van der Waals surface area contributed by atoms with Crippen LogP contribution in [0.1, 0.15) is 5.69 Å². The quantitative estimate of drug-likeness (QED) is 0.888. The topological polar surface area (TPSA) is 24.9 Å². The fourth-order valence-corrected chi connectivity index (χ4v) is 1.50. The van der Waals surface area contributed by atoms with Crippen LogP contribution in [0.4, 0.5) is 11.5 Å². The van der Waals surface area contributed by atoms with E-state index >= 15 is 0 Å². The highest BCUT2D eigenvalue weighted by Crippen LogP contribution is 2.19. The Bertz CT molecular complexity index is 454. The third-order valence-corrected chi connectivity index (χ3v) is 2.91. The molecule has 1 N–H and O–H groups in total. The van der Waals surface area contributed by atoms with E-state index in [0.29, 0.717) is 0 Å². The normalized spacial score (nSPS) is 10.0. The van der Waals surface area contributed by atoms with Gasteiger partial charge in [0.1, 0.15) is 5.82 Å². The number of aryl methyl sites for hydroxylation is 1. The lowest BCUT2D eigenvalue weighted by Gasteiger charge is -2.06. The zero-order valence-electron chi connectivity index (χ0n) is 8.37. The van der Waals surface area contributed by atoms with Gasteiger partial charge in [0.05, 0.1) is 5.69 Å². The first kappa shape index (κ1) is 10.2. The van der Waals surface area contributed by atoms with Gasteiger partial charge in [-0.3, -0.25) is 0 Å². The predicted molar refractivity (Wildman–Crippen MR) is 66.4 cm³/mol. The maximum absolute atomic E-state index is 4.41. The molecule has 1 aromatic heterocycles. The SMILES string of the molecule is Cc1nc(Nc2ccccc2)ccc1Br. The van der Waals surface area contributed by atoms with Crippen molar-refractivity contribution >= 4 is 27.4 Å². The van der Waals surface area contributed by atoms with Crippen LogP contribution in [0.2, 0.25) is 0 Å². The van der Waals surface area contributed by atoms with Crippen molar-refractivity contribution in [2.75, 3.05) is 5.32 Å². The van der Waals surface area contributed by atoms with Crippen molar-refractivity contribution < 1.29 is 0 Å². The second-order valence-electron chi connectivity index (χ2n) is 3.25. The average molecular weight is 263 g/mol. The van der Waals surface area contributed by atoms with Crippen molar-refractivity contribution in [3.63, 3.8) is 0 Å². The minimum atomic E-state index is 0.863. The number of para-hydroxylation sites is 1. The van der Waals surface area contributed by atoms with Crippen molar-refractivity contribution in [2.45, 2.75) is 6.92 Å². The first-order valence-corrected chi connectivity index (χ1v) is 5.50. The predicted octanol–water partition coefficient (Wildman–Crippen LogP) is 3.90. The summed E-state index contributed by atoms with van der Waals surface area (Å²) in [6, 6.07) is 13.9. The van der Waals surface area contributed by atoms with Crippen LogP contribution in [-0.4, -0.2) is 4.98 Å². The second kappa shape index (κ2) is 4.45. The van der Waals surface area contributed by atoms with Gasteiger partial charge in [0, 0.05) is 10.2 Å². The molecule has 2 nitrogen and oxygen atoms in total. The molecular weight excluding hydrogens is 252 g/mol. The Morgan fingerprint density at radius 3 is 2.47 bits per heavy atom. The molecule has 0 unspecified atom stereocenters. The molecule has 2 rings (SSSR count). The molecule has 1 aromatic carbocycles. The van der Waals surface area contributed by atoms with Crippen molar-refractivity contribution in [1.29, 1.82) is 0 Å². The lowest BCUT2D eigenvalue weighted by atomic mass is 10.3. The number of benzene rings is 1. The number of hydrogen-bond donors (Lipinski definition) is 1. The number of nitrogens with zero attached hydrogens (tertiary/aromatic N) is 1. The Kier molecular flexibility index (Phi) is 3.02. The molecule has 0 aliphatic heterocycles. The van der Waals surface area contributed by atoms with Gasteiger partial charge in [-0.25, -0.2) is 4.98 Å². The summed E-state index contributed by atoms with van der Waals surface area (Å²) >= 11 is 3.42. The largest absolute Gasteiger partial charge is 0.340 e. The smallest absolute Gasteiger partial charge is 0.130 e. The standard InChI is InChI=1S/C12H11BrN2/c1-9-11(13)7-8-12(14-9)15-10-5-3-2-4-6-10/h2-8H,1H3,(H,14,15). The van der Waals surface area contributed by atoms with Crippen LogP contribution in [0.25, 0.3) is 0 Å². The molecule has 0 spiro atoms. The molecule has 1 heterocycles. The second-order valence-corrected chi connectivity index (χ2v) is 4.11. The van der Waals surface area contributed by atoms with Crippen LogP contribution in [0.3, 0.4) is 0 Å². The number of halogens is 1. The summed E-state index contributed by atoms with van der Waals surface area (Å²) in [5.41, 5.74) is 2.03. The summed E-state index contributed by atoms with van der Waals surface area (Å²) in [7, 11) is 0. The minimum absolute atomic E-state index is 0.863. The fourth-order valence-electron chi connectivity index (χ4n) is 1.28. The number of rotatable bonds is 2. The van der Waals surface area contributed by atoms with Gasteiger partial charge in [0.2, 0.25) is 0 Å². The van der Waals surface area contributed by atoms with Crippen molar-refractivity contribution in [3.8, 4) is 0 Å². The van der Waals surface area contributed by atoms with Gasteiger partial charge in [0.25, 0.3) is 0 Å². The molecule has 0 atom stereocenters. The van der Waals surface area contributed by atoms with Crippen molar-refractivity contribution in [3.05, 3.63) is 52.6 Å². The Labute approximate surface area is 97.5 Å². The Morgan fingerprint density at radius 2 is 1.80 bits per heavy atom. The monoisotopic (exact) mass is 262 g/mol. The van der Waals surface area contributed by atoms with E-state index < -0.39 is 0 Å². The van der Waals surface area contributed by atoms with E-state index in [-0.39, 0.29) is 0 Å². The summed E-state index contributed by atoms with van der Waals surface area (Å²) in [4.78, 5) is 4.41. The van der Waals surface area contributed by atoms with E-state index in [4.69, 9.17) is 0 Å². The first-order chi connectivity index (χ1) is 7.25. The zero-order valence-corrected chi connectivity index (χ0v) is 9.95. The number of aromatic nitrogens is 1. The lowest BCUT2D eigenvalue weighted by Crippen LogP contribution is -1.94. The maximum atomic E-state index is 4.41. The van der Waals surface area contributed by atoms with Gasteiger partial charge in [-0.05, 0) is 47.1 Å². The molecule has 0 aliphatic carbocycles. The van der Waals surface area contributed by atoms with Crippen LogP contribution >= 0.6 is 15.9 Å². The summed E-state index contributed by atoms with van der Waals surface area (Å²) in [6.07, 6.45) is 0. The first-order valence-electron chi connectivity index (χ1n) is 4.71. The number of hydrogen-bond acceptors (Lipinski definition) is 2. The molecule has 0 saturated heterocycles. The highest BCUT2D eigenvalue weighted by atomic mass is 79.9. The van der Waals surface area contributed by atoms with Gasteiger partial charge in [-0.15, -0.1) is 0 Å². The van der Waals surface area contributed by atoms with Gasteiger partial charge in [0.15, 0.2) is 0 Å². The van der Waals surface area contributed by atoms with Gasteiger partial charge in [-0.1, -0.05) is 18.2 Å². The van der Waals surface area contributed by atoms with Crippen LogP contribution in [0.15, 0.2) is 46.9 Å². The molecule has 0 bridgehead atoms. The molecule has 0 fully saturated rings. The van der Waals surface area contributed by atoms with E-state index in [9.17, 15) is 0 Å². The molecule has 0 amide bonds. The molecular formula is C12H11BrN2. The van der Waals surface area contributed by atoms with Crippen LogP contribution < -0.4 is 5.32 Å². The molecule has 0 aliphatic rings. The van der Waals surface area contributed by atoms with Crippen molar-refractivity contribution in [1.82, 2.24) is 4.98 Å². The van der Waals surface area contributed by atoms with E-state index in [1.807, 2.05) is 49.4 Å². The zero-order chi connectivity index (χ0) is 10.7. The highest BCUT2D eigenvalue weighted by molar-refractivity contribution is 9.10. The minimum Gasteiger partial charge on any atom is -0.340 e. The van der Waals surface area contributed by atoms with Gasteiger partial charge >= 0.3 is 0 Å². The van der Waals surface area contributed by atoms with Gasteiger partial charge < -0.3 is 5.32 Å². The summed E-state index contributed by atoms with van der Waals surface area (Å²) < 4.78 is 1.03. The van der Waals surface area contributed by atoms with E-state index in [2.05, 4.69) is 26.2 Å². The Morgan fingerprint density at radius 1 is 1.07 bits per heavy atom. The van der Waals surface area contributed by atoms with E-state index in [1.165, 1.54) is 0 Å². The Hall–Kier alpha value is -1.35. The molecule has 76 valence electrons. The third kappa shape index (κ3) is 2.57.